The summed E-state index contributed by atoms with van der Waals surface area (Å²) in [5, 5.41) is 12.4. The number of ether oxygens (including phenoxy) is 1. The Hall–Kier alpha value is -4.16. The van der Waals surface area contributed by atoms with Crippen molar-refractivity contribution in [3.8, 4) is 5.69 Å². The lowest BCUT2D eigenvalue weighted by molar-refractivity contribution is 0.102. The summed E-state index contributed by atoms with van der Waals surface area (Å²) in [5.74, 6) is -2.57. The van der Waals surface area contributed by atoms with Crippen molar-refractivity contribution < 1.29 is 18.3 Å². The first-order valence-corrected chi connectivity index (χ1v) is 12.9. The van der Waals surface area contributed by atoms with Crippen LogP contribution in [0.1, 0.15) is 35.8 Å². The molecule has 1 atom stereocenters. The van der Waals surface area contributed by atoms with Crippen LogP contribution in [0.25, 0.3) is 16.6 Å². The molecule has 202 valence electrons. The van der Waals surface area contributed by atoms with Gasteiger partial charge in [-0.3, -0.25) is 14.3 Å². The molecule has 2 saturated heterocycles. The van der Waals surface area contributed by atoms with Gasteiger partial charge < -0.3 is 20.7 Å². The van der Waals surface area contributed by atoms with Gasteiger partial charge in [-0.25, -0.2) is 8.78 Å². The second-order valence-corrected chi connectivity index (χ2v) is 9.82. The average Bonchev–Trinajstić information content (AvgIpc) is 3.60. The lowest BCUT2D eigenvalue weighted by Crippen LogP contribution is -2.40. The molecule has 2 fully saturated rings. The van der Waals surface area contributed by atoms with Gasteiger partial charge in [-0.05, 0) is 49.6 Å². The summed E-state index contributed by atoms with van der Waals surface area (Å²) in [6, 6.07) is 9.45. The van der Waals surface area contributed by atoms with E-state index in [1.807, 2.05) is 16.8 Å². The summed E-state index contributed by atoms with van der Waals surface area (Å²) < 4.78 is 36.8. The molecule has 2 aromatic heterocycles. The number of hydrogen-bond acceptors (Lipinski definition) is 7. The minimum atomic E-state index is -0.970. The van der Waals surface area contributed by atoms with Crippen LogP contribution in [0.5, 0.6) is 0 Å². The number of rotatable bonds is 5. The Bertz CT molecular complexity index is 1580. The fourth-order valence-corrected chi connectivity index (χ4v) is 5.25. The van der Waals surface area contributed by atoms with E-state index < -0.39 is 28.8 Å². The highest BCUT2D eigenvalue weighted by molar-refractivity contribution is 6.08. The van der Waals surface area contributed by atoms with Crippen LogP contribution < -0.4 is 21.5 Å². The number of benzene rings is 2. The lowest BCUT2D eigenvalue weighted by Gasteiger charge is -2.33. The van der Waals surface area contributed by atoms with E-state index in [0.717, 1.165) is 54.1 Å². The number of amides is 1. The van der Waals surface area contributed by atoms with E-state index in [2.05, 4.69) is 20.4 Å². The molecule has 4 aromatic rings. The normalized spacial score (nSPS) is 18.1. The van der Waals surface area contributed by atoms with Gasteiger partial charge in [0.15, 0.2) is 11.6 Å². The molecule has 6 rings (SSSR count). The number of nitrogens with one attached hydrogen (secondary N) is 1. The summed E-state index contributed by atoms with van der Waals surface area (Å²) in [7, 11) is 0. The smallest absolute Gasteiger partial charge is 0.276 e. The molecular weight excluding hydrogens is 508 g/mol. The molecule has 2 aliphatic heterocycles. The van der Waals surface area contributed by atoms with Crippen LogP contribution in [0, 0.1) is 11.6 Å². The van der Waals surface area contributed by atoms with Crippen molar-refractivity contribution in [1.82, 2.24) is 19.6 Å². The molecule has 2 aliphatic rings. The summed E-state index contributed by atoms with van der Waals surface area (Å²) >= 11 is 0. The molecule has 0 bridgehead atoms. The van der Waals surface area contributed by atoms with Gasteiger partial charge in [-0.1, -0.05) is 6.07 Å². The van der Waals surface area contributed by atoms with Gasteiger partial charge in [-0.15, -0.1) is 0 Å². The third kappa shape index (κ3) is 4.66. The van der Waals surface area contributed by atoms with E-state index in [1.54, 1.807) is 6.20 Å². The van der Waals surface area contributed by atoms with Gasteiger partial charge in [0, 0.05) is 37.2 Å². The molecule has 0 unspecified atom stereocenters. The van der Waals surface area contributed by atoms with Crippen molar-refractivity contribution in [3.05, 3.63) is 76.3 Å². The average molecular weight is 536 g/mol. The number of aromatic nitrogens is 4. The maximum absolute atomic E-state index is 14.4. The molecule has 0 aliphatic carbocycles. The highest BCUT2D eigenvalue weighted by atomic mass is 19.1. The second-order valence-electron chi connectivity index (χ2n) is 9.82. The van der Waals surface area contributed by atoms with Crippen molar-refractivity contribution in [3.63, 3.8) is 0 Å². The molecule has 0 spiro atoms. The van der Waals surface area contributed by atoms with Gasteiger partial charge in [0.05, 0.1) is 35.7 Å². The van der Waals surface area contributed by atoms with Crippen molar-refractivity contribution >= 4 is 28.2 Å². The number of halogens is 2. The Morgan fingerprint density at radius 2 is 1.79 bits per heavy atom. The maximum Gasteiger partial charge on any atom is 0.276 e. The lowest BCUT2D eigenvalue weighted by atomic mass is 10.0. The van der Waals surface area contributed by atoms with Gasteiger partial charge in [0.2, 0.25) is 0 Å². The Morgan fingerprint density at radius 1 is 1.03 bits per heavy atom. The first-order chi connectivity index (χ1) is 18.9. The van der Waals surface area contributed by atoms with Crippen LogP contribution in [0.15, 0.2) is 53.5 Å². The van der Waals surface area contributed by atoms with Crippen molar-refractivity contribution in [1.29, 1.82) is 0 Å². The molecule has 0 radical (unpaired) electrons. The summed E-state index contributed by atoms with van der Waals surface area (Å²) in [6.45, 7) is 2.68. The van der Waals surface area contributed by atoms with Crippen molar-refractivity contribution in [2.75, 3.05) is 36.5 Å². The molecule has 39 heavy (non-hydrogen) atoms. The van der Waals surface area contributed by atoms with Crippen LogP contribution >= 0.6 is 0 Å². The fraction of sp³-hybridized carbons (Fsp3) is 0.333. The number of fused-ring (bicyclic) bond motifs is 1. The van der Waals surface area contributed by atoms with Crippen LogP contribution in [0.2, 0.25) is 0 Å². The monoisotopic (exact) mass is 535 g/mol. The zero-order valence-electron chi connectivity index (χ0n) is 21.0. The van der Waals surface area contributed by atoms with E-state index in [-0.39, 0.29) is 17.8 Å². The number of para-hydroxylation sites is 1. The summed E-state index contributed by atoms with van der Waals surface area (Å²) in [4.78, 5) is 27.9. The van der Waals surface area contributed by atoms with E-state index in [4.69, 9.17) is 10.5 Å². The number of nitrogens with two attached hydrogens (primary N) is 1. The van der Waals surface area contributed by atoms with E-state index >= 15 is 0 Å². The third-order valence-electron chi connectivity index (χ3n) is 7.29. The highest BCUT2D eigenvalue weighted by Crippen LogP contribution is 2.38. The standard InChI is InChI=1S/C27H27F2N7O3/c28-19-2-1-3-20(29)26(19)36-24(37)7-5-22(33-36)27(38)32-21-4-6-23-18(14-31-35(23)17-10-13-39-15-17)25(21)34-11-8-16(30)9-12-34/h1-7,14,16-17H,8-13,15,30H2,(H,32,38)/t17-/m1/s1. The minimum absolute atomic E-state index is 0.112. The van der Waals surface area contributed by atoms with Crippen molar-refractivity contribution in [2.24, 2.45) is 5.73 Å². The first-order valence-electron chi connectivity index (χ1n) is 12.9. The van der Waals surface area contributed by atoms with E-state index in [0.29, 0.717) is 36.7 Å². The molecule has 0 saturated carbocycles. The molecule has 1 amide bonds. The largest absolute Gasteiger partial charge is 0.379 e. The number of nitrogens with zero attached hydrogens (tertiary/aromatic N) is 5. The van der Waals surface area contributed by atoms with Crippen LogP contribution in [0.4, 0.5) is 20.2 Å². The van der Waals surface area contributed by atoms with Crippen LogP contribution in [-0.2, 0) is 4.74 Å². The fourth-order valence-electron chi connectivity index (χ4n) is 5.25. The Morgan fingerprint density at radius 3 is 2.51 bits per heavy atom. The topological polar surface area (TPSA) is 120 Å². The Balaban J connectivity index is 1.38. The first kappa shape index (κ1) is 25.1. The summed E-state index contributed by atoms with van der Waals surface area (Å²) in [5.41, 5.74) is 6.82. The highest BCUT2D eigenvalue weighted by Gasteiger charge is 2.26. The molecular formula is C27H27F2N7O3. The van der Waals surface area contributed by atoms with Gasteiger partial charge >= 0.3 is 0 Å². The van der Waals surface area contributed by atoms with Gasteiger partial charge in [-0.2, -0.15) is 14.9 Å². The second kappa shape index (κ2) is 10.2. The van der Waals surface area contributed by atoms with Crippen molar-refractivity contribution in [2.45, 2.75) is 31.3 Å². The minimum Gasteiger partial charge on any atom is -0.379 e. The molecule has 12 heteroatoms. The number of hydrogen-bond donors (Lipinski definition) is 2. The molecule has 2 aromatic carbocycles. The van der Waals surface area contributed by atoms with E-state index in [1.165, 1.54) is 12.1 Å². The Kier molecular flexibility index (Phi) is 6.57. The van der Waals surface area contributed by atoms with Crippen LogP contribution in [0.3, 0.4) is 0 Å². The Labute approximate surface area is 222 Å². The van der Waals surface area contributed by atoms with E-state index in [9.17, 15) is 18.4 Å². The summed E-state index contributed by atoms with van der Waals surface area (Å²) in [6.07, 6.45) is 4.27. The molecule has 10 nitrogen and oxygen atoms in total. The number of anilines is 2. The van der Waals surface area contributed by atoms with Gasteiger partial charge in [0.1, 0.15) is 11.4 Å². The zero-order valence-corrected chi connectivity index (χ0v) is 21.0. The number of carbonyl (C=O) groups excluding carboxylic acids is 1. The predicted octanol–water partition coefficient (Wildman–Crippen LogP) is 3.00. The predicted molar refractivity (Wildman–Crippen MR) is 141 cm³/mol. The van der Waals surface area contributed by atoms with Gasteiger partial charge in [0.25, 0.3) is 11.5 Å². The quantitative estimate of drug-likeness (QED) is 0.403. The maximum atomic E-state index is 14.4. The third-order valence-corrected chi connectivity index (χ3v) is 7.29. The number of carbonyl (C=O) groups is 1. The number of piperidine rings is 1. The zero-order chi connectivity index (χ0) is 27.1. The SMILES string of the molecule is NC1CCN(c2c(NC(=O)c3ccc(=O)n(-c4c(F)cccc4F)n3)ccc3c2cnn3[C@@H]2CCOC2)CC1. The molecule has 4 heterocycles. The van der Waals surface area contributed by atoms with Crippen LogP contribution in [-0.4, -0.2) is 57.8 Å². The molecule has 3 N–H and O–H groups in total.